The van der Waals surface area contributed by atoms with Crippen LogP contribution in [0.5, 0.6) is 0 Å². The Morgan fingerprint density at radius 3 is 2.44 bits per heavy atom. The number of anilines is 1. The molecule has 0 spiro atoms. The van der Waals surface area contributed by atoms with Gasteiger partial charge in [-0.1, -0.05) is 12.1 Å². The number of amides is 1. The lowest BCUT2D eigenvalue weighted by Crippen LogP contribution is -2.11. The van der Waals surface area contributed by atoms with Crippen LogP contribution in [0.4, 0.5) is 5.69 Å². The van der Waals surface area contributed by atoms with Crippen molar-refractivity contribution in [2.75, 3.05) is 5.32 Å². The molecule has 1 saturated carbocycles. The SMILES string of the molecule is Cl.NCc1ccc(NC(=O)CC2CC2)cc1. The van der Waals surface area contributed by atoms with Crippen LogP contribution in [0, 0.1) is 5.92 Å². The Kier molecular flexibility index (Phi) is 4.77. The molecule has 1 amide bonds. The molecule has 0 aliphatic heterocycles. The molecule has 1 aliphatic carbocycles. The molecule has 1 aromatic rings. The molecule has 1 fully saturated rings. The first-order valence-electron chi connectivity index (χ1n) is 5.37. The van der Waals surface area contributed by atoms with Crippen molar-refractivity contribution in [3.63, 3.8) is 0 Å². The Labute approximate surface area is 102 Å². The number of carbonyl (C=O) groups is 1. The normalized spacial score (nSPS) is 14.1. The van der Waals surface area contributed by atoms with Gasteiger partial charge in [-0.25, -0.2) is 0 Å². The summed E-state index contributed by atoms with van der Waals surface area (Å²) in [5.74, 6) is 0.756. The highest BCUT2D eigenvalue weighted by Gasteiger charge is 2.24. The average molecular weight is 241 g/mol. The molecule has 0 aromatic heterocycles. The molecule has 1 aliphatic rings. The van der Waals surface area contributed by atoms with Gasteiger partial charge in [0, 0.05) is 18.7 Å². The highest BCUT2D eigenvalue weighted by atomic mass is 35.5. The molecule has 16 heavy (non-hydrogen) atoms. The van der Waals surface area contributed by atoms with Gasteiger partial charge in [0.2, 0.25) is 5.91 Å². The molecule has 88 valence electrons. The van der Waals surface area contributed by atoms with Gasteiger partial charge in [0.25, 0.3) is 0 Å². The van der Waals surface area contributed by atoms with Crippen molar-refractivity contribution >= 4 is 24.0 Å². The van der Waals surface area contributed by atoms with Gasteiger partial charge in [-0.15, -0.1) is 12.4 Å². The van der Waals surface area contributed by atoms with Crippen molar-refractivity contribution in [1.82, 2.24) is 0 Å². The summed E-state index contributed by atoms with van der Waals surface area (Å²) in [6.45, 7) is 0.538. The summed E-state index contributed by atoms with van der Waals surface area (Å²) in [5, 5.41) is 2.88. The summed E-state index contributed by atoms with van der Waals surface area (Å²) in [7, 11) is 0. The van der Waals surface area contributed by atoms with E-state index >= 15 is 0 Å². The Morgan fingerprint density at radius 2 is 1.94 bits per heavy atom. The van der Waals surface area contributed by atoms with Gasteiger partial charge in [0.05, 0.1) is 0 Å². The van der Waals surface area contributed by atoms with Crippen LogP contribution in [0.2, 0.25) is 0 Å². The number of halogens is 1. The van der Waals surface area contributed by atoms with E-state index in [2.05, 4.69) is 5.32 Å². The number of hydrogen-bond donors (Lipinski definition) is 2. The third-order valence-corrected chi connectivity index (χ3v) is 2.64. The second kappa shape index (κ2) is 5.87. The standard InChI is InChI=1S/C12H16N2O.ClH/c13-8-10-3-5-11(6-4-10)14-12(15)7-9-1-2-9;/h3-6,9H,1-2,7-8,13H2,(H,14,15);1H. The molecular weight excluding hydrogens is 224 g/mol. The largest absolute Gasteiger partial charge is 0.326 e. The van der Waals surface area contributed by atoms with Crippen molar-refractivity contribution in [3.05, 3.63) is 29.8 Å². The summed E-state index contributed by atoms with van der Waals surface area (Å²) in [5.41, 5.74) is 7.43. The molecule has 0 atom stereocenters. The van der Waals surface area contributed by atoms with Gasteiger partial charge >= 0.3 is 0 Å². The van der Waals surface area contributed by atoms with E-state index in [0.717, 1.165) is 11.3 Å². The maximum atomic E-state index is 11.5. The van der Waals surface area contributed by atoms with E-state index in [1.807, 2.05) is 24.3 Å². The maximum Gasteiger partial charge on any atom is 0.224 e. The minimum absolute atomic E-state index is 0. The quantitative estimate of drug-likeness (QED) is 0.849. The minimum Gasteiger partial charge on any atom is -0.326 e. The summed E-state index contributed by atoms with van der Waals surface area (Å²) in [6, 6.07) is 7.67. The number of carbonyl (C=O) groups excluding carboxylic acids is 1. The van der Waals surface area contributed by atoms with Gasteiger partial charge < -0.3 is 11.1 Å². The smallest absolute Gasteiger partial charge is 0.224 e. The summed E-state index contributed by atoms with van der Waals surface area (Å²) in [4.78, 5) is 11.5. The summed E-state index contributed by atoms with van der Waals surface area (Å²) < 4.78 is 0. The van der Waals surface area contributed by atoms with Crippen LogP contribution in [-0.2, 0) is 11.3 Å². The van der Waals surface area contributed by atoms with Gasteiger partial charge in [0.15, 0.2) is 0 Å². The van der Waals surface area contributed by atoms with E-state index in [1.54, 1.807) is 0 Å². The summed E-state index contributed by atoms with van der Waals surface area (Å²) in [6.07, 6.45) is 3.08. The molecule has 2 rings (SSSR count). The van der Waals surface area contributed by atoms with Gasteiger partial charge in [-0.3, -0.25) is 4.79 Å². The molecule has 0 unspecified atom stereocenters. The Balaban J connectivity index is 0.00000128. The van der Waals surface area contributed by atoms with Crippen molar-refractivity contribution in [3.8, 4) is 0 Å². The maximum absolute atomic E-state index is 11.5. The Morgan fingerprint density at radius 1 is 1.31 bits per heavy atom. The van der Waals surface area contributed by atoms with Crippen LogP contribution >= 0.6 is 12.4 Å². The van der Waals surface area contributed by atoms with E-state index in [0.29, 0.717) is 18.9 Å². The molecular formula is C12H17ClN2O. The molecule has 0 saturated heterocycles. The fourth-order valence-electron chi connectivity index (χ4n) is 1.52. The zero-order valence-electron chi connectivity index (χ0n) is 9.11. The minimum atomic E-state index is 0. The number of nitrogens with two attached hydrogens (primary N) is 1. The predicted octanol–water partition coefficient (Wildman–Crippen LogP) is 2.31. The molecule has 0 radical (unpaired) electrons. The number of nitrogens with one attached hydrogen (secondary N) is 1. The third-order valence-electron chi connectivity index (χ3n) is 2.64. The highest BCUT2D eigenvalue weighted by molar-refractivity contribution is 5.91. The number of rotatable bonds is 4. The predicted molar refractivity (Wildman–Crippen MR) is 67.6 cm³/mol. The zero-order chi connectivity index (χ0) is 10.7. The molecule has 0 heterocycles. The monoisotopic (exact) mass is 240 g/mol. The van der Waals surface area contributed by atoms with Gasteiger partial charge in [-0.05, 0) is 36.5 Å². The average Bonchev–Trinajstić information content (AvgIpc) is 3.03. The fraction of sp³-hybridized carbons (Fsp3) is 0.417. The van der Waals surface area contributed by atoms with Crippen molar-refractivity contribution in [1.29, 1.82) is 0 Å². The fourth-order valence-corrected chi connectivity index (χ4v) is 1.52. The van der Waals surface area contributed by atoms with E-state index in [-0.39, 0.29) is 18.3 Å². The van der Waals surface area contributed by atoms with E-state index in [1.165, 1.54) is 12.8 Å². The number of benzene rings is 1. The molecule has 0 bridgehead atoms. The van der Waals surface area contributed by atoms with Crippen LogP contribution in [0.3, 0.4) is 0 Å². The van der Waals surface area contributed by atoms with Crippen LogP contribution in [-0.4, -0.2) is 5.91 Å². The summed E-state index contributed by atoms with van der Waals surface area (Å²) >= 11 is 0. The van der Waals surface area contributed by atoms with Crippen molar-refractivity contribution in [2.24, 2.45) is 11.7 Å². The second-order valence-electron chi connectivity index (χ2n) is 4.10. The van der Waals surface area contributed by atoms with E-state index in [9.17, 15) is 4.79 Å². The number of hydrogen-bond acceptors (Lipinski definition) is 2. The van der Waals surface area contributed by atoms with Crippen LogP contribution < -0.4 is 11.1 Å². The van der Waals surface area contributed by atoms with Crippen LogP contribution in [0.1, 0.15) is 24.8 Å². The van der Waals surface area contributed by atoms with E-state index in [4.69, 9.17) is 5.73 Å². The first-order chi connectivity index (χ1) is 7.28. The van der Waals surface area contributed by atoms with Crippen molar-refractivity contribution < 1.29 is 4.79 Å². The molecule has 3 N–H and O–H groups in total. The second-order valence-corrected chi connectivity index (χ2v) is 4.10. The van der Waals surface area contributed by atoms with Gasteiger partial charge in [-0.2, -0.15) is 0 Å². The molecule has 3 nitrogen and oxygen atoms in total. The van der Waals surface area contributed by atoms with Crippen LogP contribution in [0.15, 0.2) is 24.3 Å². The molecule has 4 heteroatoms. The Hall–Kier alpha value is -1.06. The lowest BCUT2D eigenvalue weighted by Gasteiger charge is -2.05. The Bertz CT molecular complexity index is 347. The van der Waals surface area contributed by atoms with Gasteiger partial charge in [0.1, 0.15) is 0 Å². The lowest BCUT2D eigenvalue weighted by molar-refractivity contribution is -0.116. The van der Waals surface area contributed by atoms with Crippen LogP contribution in [0.25, 0.3) is 0 Å². The van der Waals surface area contributed by atoms with Crippen molar-refractivity contribution in [2.45, 2.75) is 25.8 Å². The topological polar surface area (TPSA) is 55.1 Å². The molecule has 1 aromatic carbocycles. The van der Waals surface area contributed by atoms with E-state index < -0.39 is 0 Å². The zero-order valence-corrected chi connectivity index (χ0v) is 9.93. The first kappa shape index (κ1) is 13.0. The first-order valence-corrected chi connectivity index (χ1v) is 5.37. The highest BCUT2D eigenvalue weighted by Crippen LogP contribution is 2.32. The third kappa shape index (κ3) is 3.83. The lowest BCUT2D eigenvalue weighted by atomic mass is 10.2.